The molecule has 1 aliphatic rings. The Kier molecular flexibility index (Phi) is 6.84. The Morgan fingerprint density at radius 3 is 2.21 bits per heavy atom. The van der Waals surface area contributed by atoms with Crippen LogP contribution in [0.3, 0.4) is 0 Å². The lowest BCUT2D eigenvalue weighted by Gasteiger charge is -2.32. The lowest BCUT2D eigenvalue weighted by Crippen LogP contribution is -2.49. The van der Waals surface area contributed by atoms with Gasteiger partial charge in [0.15, 0.2) is 0 Å². The standard InChI is InChI=1S/C16H32N2O/c1-4-9-16(12-17,10-5-2)15(19)18-14(6-3)11-13-7-8-13/h13-14H,4-12,17H2,1-3H3,(H,18,19). The van der Waals surface area contributed by atoms with Gasteiger partial charge in [0.2, 0.25) is 5.91 Å². The summed E-state index contributed by atoms with van der Waals surface area (Å²) in [6.45, 7) is 6.90. The second-order valence-electron chi connectivity index (χ2n) is 6.24. The van der Waals surface area contributed by atoms with E-state index in [1.54, 1.807) is 0 Å². The fraction of sp³-hybridized carbons (Fsp3) is 0.938. The number of carbonyl (C=O) groups excluding carboxylic acids is 1. The van der Waals surface area contributed by atoms with E-state index in [9.17, 15) is 4.79 Å². The second kappa shape index (κ2) is 7.88. The summed E-state index contributed by atoms with van der Waals surface area (Å²) in [6.07, 6.45) is 8.72. The van der Waals surface area contributed by atoms with Crippen molar-refractivity contribution < 1.29 is 4.79 Å². The van der Waals surface area contributed by atoms with Gasteiger partial charge < -0.3 is 11.1 Å². The minimum Gasteiger partial charge on any atom is -0.353 e. The molecule has 1 rings (SSSR count). The molecule has 0 bridgehead atoms. The smallest absolute Gasteiger partial charge is 0.227 e. The zero-order valence-electron chi connectivity index (χ0n) is 13.0. The van der Waals surface area contributed by atoms with E-state index in [1.807, 2.05) is 0 Å². The number of hydrogen-bond donors (Lipinski definition) is 2. The number of carbonyl (C=O) groups is 1. The summed E-state index contributed by atoms with van der Waals surface area (Å²) in [5.74, 6) is 1.06. The minimum absolute atomic E-state index is 0.200. The monoisotopic (exact) mass is 268 g/mol. The van der Waals surface area contributed by atoms with Crippen LogP contribution in [0.5, 0.6) is 0 Å². The second-order valence-corrected chi connectivity index (χ2v) is 6.24. The van der Waals surface area contributed by atoms with Crippen molar-refractivity contribution in [3.05, 3.63) is 0 Å². The minimum atomic E-state index is -0.333. The van der Waals surface area contributed by atoms with Gasteiger partial charge in [0.1, 0.15) is 0 Å². The quantitative estimate of drug-likeness (QED) is 0.639. The molecule has 1 aliphatic carbocycles. The molecule has 3 nitrogen and oxygen atoms in total. The van der Waals surface area contributed by atoms with Gasteiger partial charge in [-0.1, -0.05) is 46.5 Å². The average molecular weight is 268 g/mol. The first-order chi connectivity index (χ1) is 9.11. The molecular formula is C16H32N2O. The predicted octanol–water partition coefficient (Wildman–Crippen LogP) is 3.23. The maximum atomic E-state index is 12.7. The molecule has 19 heavy (non-hydrogen) atoms. The maximum absolute atomic E-state index is 12.7. The van der Waals surface area contributed by atoms with E-state index in [-0.39, 0.29) is 11.3 Å². The molecular weight excluding hydrogens is 236 g/mol. The van der Waals surface area contributed by atoms with E-state index in [0.717, 1.165) is 44.4 Å². The van der Waals surface area contributed by atoms with Crippen molar-refractivity contribution in [1.29, 1.82) is 0 Å². The number of hydrogen-bond acceptors (Lipinski definition) is 2. The summed E-state index contributed by atoms with van der Waals surface area (Å²) >= 11 is 0. The summed E-state index contributed by atoms with van der Waals surface area (Å²) in [6, 6.07) is 0.347. The Bertz CT molecular complexity index is 268. The van der Waals surface area contributed by atoms with Crippen molar-refractivity contribution in [1.82, 2.24) is 5.32 Å². The third kappa shape index (κ3) is 4.79. The van der Waals surface area contributed by atoms with Gasteiger partial charge in [-0.15, -0.1) is 0 Å². The Morgan fingerprint density at radius 1 is 1.26 bits per heavy atom. The highest BCUT2D eigenvalue weighted by Crippen LogP contribution is 2.35. The first-order valence-electron chi connectivity index (χ1n) is 8.12. The number of nitrogens with two attached hydrogens (primary N) is 1. The summed E-state index contributed by atoms with van der Waals surface area (Å²) in [5, 5.41) is 3.28. The van der Waals surface area contributed by atoms with Crippen LogP contribution >= 0.6 is 0 Å². The Morgan fingerprint density at radius 2 is 1.84 bits per heavy atom. The largest absolute Gasteiger partial charge is 0.353 e. The summed E-state index contributed by atoms with van der Waals surface area (Å²) in [4.78, 5) is 12.7. The van der Waals surface area contributed by atoms with Crippen LogP contribution in [-0.4, -0.2) is 18.5 Å². The molecule has 0 radical (unpaired) electrons. The SMILES string of the molecule is CCCC(CN)(CCC)C(=O)NC(CC)CC1CC1. The Balaban J connectivity index is 2.62. The molecule has 0 aromatic carbocycles. The first-order valence-corrected chi connectivity index (χ1v) is 8.12. The molecule has 1 amide bonds. The fourth-order valence-electron chi connectivity index (χ4n) is 3.03. The van der Waals surface area contributed by atoms with Gasteiger partial charge in [-0.05, 0) is 31.6 Å². The fourth-order valence-corrected chi connectivity index (χ4v) is 3.03. The molecule has 1 atom stereocenters. The van der Waals surface area contributed by atoms with Crippen molar-refractivity contribution in [3.8, 4) is 0 Å². The van der Waals surface area contributed by atoms with Gasteiger partial charge in [-0.25, -0.2) is 0 Å². The molecule has 3 N–H and O–H groups in total. The number of amides is 1. The predicted molar refractivity (Wildman–Crippen MR) is 80.9 cm³/mol. The van der Waals surface area contributed by atoms with Crippen LogP contribution in [-0.2, 0) is 4.79 Å². The van der Waals surface area contributed by atoms with Crippen molar-refractivity contribution in [3.63, 3.8) is 0 Å². The van der Waals surface area contributed by atoms with Crippen molar-refractivity contribution in [2.75, 3.05) is 6.54 Å². The van der Waals surface area contributed by atoms with Crippen LogP contribution in [0.2, 0.25) is 0 Å². The van der Waals surface area contributed by atoms with Crippen LogP contribution in [0, 0.1) is 11.3 Å². The summed E-state index contributed by atoms with van der Waals surface area (Å²) < 4.78 is 0. The molecule has 0 heterocycles. The van der Waals surface area contributed by atoms with E-state index >= 15 is 0 Å². The molecule has 0 saturated heterocycles. The molecule has 1 unspecified atom stereocenters. The highest BCUT2D eigenvalue weighted by atomic mass is 16.2. The molecule has 112 valence electrons. The molecule has 0 aromatic rings. The van der Waals surface area contributed by atoms with Crippen molar-refractivity contribution in [2.45, 2.75) is 78.2 Å². The van der Waals surface area contributed by atoms with Crippen LogP contribution in [0.4, 0.5) is 0 Å². The molecule has 1 saturated carbocycles. The van der Waals surface area contributed by atoms with Crippen molar-refractivity contribution >= 4 is 5.91 Å². The van der Waals surface area contributed by atoms with Gasteiger partial charge in [0.05, 0.1) is 5.41 Å². The summed E-state index contributed by atoms with van der Waals surface area (Å²) in [7, 11) is 0. The number of rotatable bonds is 10. The third-order valence-electron chi connectivity index (χ3n) is 4.47. The normalized spacial score (nSPS) is 17.3. The van der Waals surface area contributed by atoms with Crippen LogP contribution in [0.25, 0.3) is 0 Å². The molecule has 1 fully saturated rings. The molecule has 3 heteroatoms. The number of nitrogens with one attached hydrogen (secondary N) is 1. The Labute approximate surface area is 118 Å². The van der Waals surface area contributed by atoms with Crippen molar-refractivity contribution in [2.24, 2.45) is 17.1 Å². The molecule has 0 aromatic heterocycles. The molecule has 0 spiro atoms. The molecule has 0 aliphatic heterocycles. The topological polar surface area (TPSA) is 55.1 Å². The van der Waals surface area contributed by atoms with Crippen LogP contribution in [0.15, 0.2) is 0 Å². The van der Waals surface area contributed by atoms with Crippen LogP contribution in [0.1, 0.15) is 72.1 Å². The zero-order chi connectivity index (χ0) is 14.3. The average Bonchev–Trinajstić information content (AvgIpc) is 3.21. The Hall–Kier alpha value is -0.570. The van der Waals surface area contributed by atoms with E-state index in [0.29, 0.717) is 12.6 Å². The van der Waals surface area contributed by atoms with E-state index in [4.69, 9.17) is 5.73 Å². The lowest BCUT2D eigenvalue weighted by molar-refractivity contribution is -0.132. The van der Waals surface area contributed by atoms with Gasteiger partial charge >= 0.3 is 0 Å². The first kappa shape index (κ1) is 16.5. The maximum Gasteiger partial charge on any atom is 0.227 e. The van der Waals surface area contributed by atoms with Gasteiger partial charge in [0, 0.05) is 12.6 Å². The third-order valence-corrected chi connectivity index (χ3v) is 4.47. The van der Waals surface area contributed by atoms with Gasteiger partial charge in [0.25, 0.3) is 0 Å². The van der Waals surface area contributed by atoms with E-state index in [2.05, 4.69) is 26.1 Å². The highest BCUT2D eigenvalue weighted by molar-refractivity contribution is 5.83. The van der Waals surface area contributed by atoms with Gasteiger partial charge in [-0.3, -0.25) is 4.79 Å². The van der Waals surface area contributed by atoms with E-state index < -0.39 is 0 Å². The van der Waals surface area contributed by atoms with Crippen LogP contribution < -0.4 is 11.1 Å². The highest BCUT2D eigenvalue weighted by Gasteiger charge is 2.36. The lowest BCUT2D eigenvalue weighted by atomic mass is 9.78. The van der Waals surface area contributed by atoms with Gasteiger partial charge in [-0.2, -0.15) is 0 Å². The summed E-state index contributed by atoms with van der Waals surface area (Å²) in [5.41, 5.74) is 5.62. The zero-order valence-corrected chi connectivity index (χ0v) is 13.0. The van der Waals surface area contributed by atoms with E-state index in [1.165, 1.54) is 12.8 Å².